The number of carbonyl (C=O) groups excluding carboxylic acids is 1. The summed E-state index contributed by atoms with van der Waals surface area (Å²) in [4.78, 5) is 12.2. The van der Waals surface area contributed by atoms with Crippen LogP contribution in [0.3, 0.4) is 0 Å². The largest absolute Gasteiger partial charge is 0.496 e. The number of methoxy groups -OCH3 is 1. The van der Waals surface area contributed by atoms with Crippen molar-refractivity contribution in [3.8, 4) is 17.0 Å². The van der Waals surface area contributed by atoms with Crippen LogP contribution in [-0.2, 0) is 7.05 Å². The van der Waals surface area contributed by atoms with E-state index in [1.165, 1.54) is 12.1 Å². The van der Waals surface area contributed by atoms with E-state index in [1.54, 1.807) is 48.3 Å². The number of aryl methyl sites for hydroxylation is 1. The summed E-state index contributed by atoms with van der Waals surface area (Å²) >= 11 is 3.46. The number of hydrogen-bond acceptors (Lipinski definition) is 3. The molecule has 0 fully saturated rings. The molecular weight excluding hydrogens is 403 g/mol. The topological polar surface area (TPSA) is 68.2 Å². The molecule has 0 aliphatic carbocycles. The third-order valence-electron chi connectivity index (χ3n) is 3.73. The maximum absolute atomic E-state index is 13.7. The summed E-state index contributed by atoms with van der Waals surface area (Å²) in [6, 6.07) is 10.6. The molecule has 0 spiro atoms. The number of benzene rings is 2. The monoisotopic (exact) mass is 418 g/mol. The second-order valence-corrected chi connectivity index (χ2v) is 6.29. The van der Waals surface area contributed by atoms with Gasteiger partial charge in [-0.3, -0.25) is 4.68 Å². The number of hydrogen-bond donors (Lipinski definition) is 2. The molecule has 26 heavy (non-hydrogen) atoms. The van der Waals surface area contributed by atoms with Crippen LogP contribution in [0, 0.1) is 5.82 Å². The molecular formula is C18H16BrFN4O2. The lowest BCUT2D eigenvalue weighted by atomic mass is 10.1. The minimum Gasteiger partial charge on any atom is -0.496 e. The second kappa shape index (κ2) is 7.57. The van der Waals surface area contributed by atoms with Crippen LogP contribution < -0.4 is 15.4 Å². The zero-order valence-corrected chi connectivity index (χ0v) is 15.7. The van der Waals surface area contributed by atoms with E-state index in [1.807, 2.05) is 7.05 Å². The number of rotatable bonds is 4. The van der Waals surface area contributed by atoms with Crippen LogP contribution >= 0.6 is 15.9 Å². The van der Waals surface area contributed by atoms with Gasteiger partial charge in [-0.25, -0.2) is 9.18 Å². The molecule has 2 aromatic carbocycles. The van der Waals surface area contributed by atoms with Crippen molar-refractivity contribution in [2.24, 2.45) is 7.05 Å². The van der Waals surface area contributed by atoms with Gasteiger partial charge in [-0.05, 0) is 46.3 Å². The predicted octanol–water partition coefficient (Wildman–Crippen LogP) is 4.64. The highest BCUT2D eigenvalue weighted by molar-refractivity contribution is 9.10. The lowest BCUT2D eigenvalue weighted by molar-refractivity contribution is 0.262. The van der Waals surface area contributed by atoms with Gasteiger partial charge >= 0.3 is 6.03 Å². The van der Waals surface area contributed by atoms with Gasteiger partial charge in [0.2, 0.25) is 0 Å². The molecule has 0 saturated heterocycles. The zero-order valence-electron chi connectivity index (χ0n) is 14.1. The number of amides is 2. The van der Waals surface area contributed by atoms with Crippen molar-refractivity contribution in [3.63, 3.8) is 0 Å². The van der Waals surface area contributed by atoms with E-state index in [-0.39, 0.29) is 5.69 Å². The fraction of sp³-hybridized carbons (Fsp3) is 0.111. The van der Waals surface area contributed by atoms with Crippen molar-refractivity contribution in [1.82, 2.24) is 9.78 Å². The Kier molecular flexibility index (Phi) is 5.22. The van der Waals surface area contributed by atoms with E-state index in [9.17, 15) is 9.18 Å². The molecule has 2 amide bonds. The lowest BCUT2D eigenvalue weighted by Gasteiger charge is -2.13. The van der Waals surface area contributed by atoms with Crippen molar-refractivity contribution in [3.05, 3.63) is 59.0 Å². The number of ether oxygens (including phenoxy) is 1. The summed E-state index contributed by atoms with van der Waals surface area (Å²) < 4.78 is 21.6. The van der Waals surface area contributed by atoms with Crippen molar-refractivity contribution in [2.75, 3.05) is 17.7 Å². The van der Waals surface area contributed by atoms with Crippen LogP contribution in [-0.4, -0.2) is 22.9 Å². The summed E-state index contributed by atoms with van der Waals surface area (Å²) in [6.45, 7) is 0. The molecule has 3 aromatic rings. The van der Waals surface area contributed by atoms with E-state index in [2.05, 4.69) is 31.7 Å². The number of aromatic nitrogens is 2. The standard InChI is InChI=1S/C18H16BrFN4O2/c1-24-17(13(19)10-21-24)12-9-11(7-8-16(12)26-2)22-18(25)23-15-6-4-3-5-14(15)20/h3-10H,1-2H3,(H2,22,23,25). The van der Waals surface area contributed by atoms with Gasteiger partial charge in [-0.2, -0.15) is 5.10 Å². The van der Waals surface area contributed by atoms with Gasteiger partial charge in [-0.15, -0.1) is 0 Å². The molecule has 3 rings (SSSR count). The summed E-state index contributed by atoms with van der Waals surface area (Å²) in [5.74, 6) is 0.131. The lowest BCUT2D eigenvalue weighted by Crippen LogP contribution is -2.20. The molecule has 8 heteroatoms. The average Bonchev–Trinajstić information content (AvgIpc) is 2.95. The number of nitrogens with zero attached hydrogens (tertiary/aromatic N) is 2. The first-order valence-electron chi connectivity index (χ1n) is 7.68. The van der Waals surface area contributed by atoms with Gasteiger partial charge in [0, 0.05) is 18.3 Å². The number of nitrogens with one attached hydrogen (secondary N) is 2. The first-order chi connectivity index (χ1) is 12.5. The molecule has 0 radical (unpaired) electrons. The number of urea groups is 1. The highest BCUT2D eigenvalue weighted by Gasteiger charge is 2.15. The van der Waals surface area contributed by atoms with Gasteiger partial charge in [-0.1, -0.05) is 12.1 Å². The normalized spacial score (nSPS) is 10.5. The minimum atomic E-state index is -0.546. The van der Waals surface area contributed by atoms with E-state index in [0.717, 1.165) is 15.7 Å². The Morgan fingerprint density at radius 3 is 2.65 bits per heavy atom. The molecule has 0 unspecified atom stereocenters. The zero-order chi connectivity index (χ0) is 18.7. The Morgan fingerprint density at radius 2 is 2.00 bits per heavy atom. The second-order valence-electron chi connectivity index (χ2n) is 5.44. The van der Waals surface area contributed by atoms with Crippen LogP contribution in [0.1, 0.15) is 0 Å². The first kappa shape index (κ1) is 17.9. The van der Waals surface area contributed by atoms with Gasteiger partial charge in [0.1, 0.15) is 11.6 Å². The Bertz CT molecular complexity index is 939. The van der Waals surface area contributed by atoms with E-state index in [4.69, 9.17) is 4.74 Å². The number of halogens is 2. The van der Waals surface area contributed by atoms with E-state index >= 15 is 0 Å². The Balaban J connectivity index is 1.86. The highest BCUT2D eigenvalue weighted by Crippen LogP contribution is 2.36. The Morgan fingerprint density at radius 1 is 1.23 bits per heavy atom. The van der Waals surface area contributed by atoms with Crippen LogP contribution in [0.15, 0.2) is 53.1 Å². The molecule has 1 heterocycles. The molecule has 0 aliphatic rings. The van der Waals surface area contributed by atoms with Gasteiger partial charge < -0.3 is 15.4 Å². The summed E-state index contributed by atoms with van der Waals surface area (Å²) in [7, 11) is 3.38. The molecule has 0 bridgehead atoms. The number of carbonyl (C=O) groups is 1. The van der Waals surface area contributed by atoms with Gasteiger partial charge in [0.15, 0.2) is 0 Å². The van der Waals surface area contributed by atoms with Crippen LogP contribution in [0.4, 0.5) is 20.6 Å². The Labute approximate surface area is 158 Å². The number of anilines is 2. The van der Waals surface area contributed by atoms with Crippen molar-refractivity contribution < 1.29 is 13.9 Å². The smallest absolute Gasteiger partial charge is 0.323 e. The van der Waals surface area contributed by atoms with E-state index in [0.29, 0.717) is 11.4 Å². The third-order valence-corrected chi connectivity index (χ3v) is 4.31. The maximum Gasteiger partial charge on any atom is 0.323 e. The fourth-order valence-electron chi connectivity index (χ4n) is 2.53. The molecule has 2 N–H and O–H groups in total. The molecule has 6 nitrogen and oxygen atoms in total. The van der Waals surface area contributed by atoms with Crippen LogP contribution in [0.5, 0.6) is 5.75 Å². The average molecular weight is 419 g/mol. The molecule has 1 aromatic heterocycles. The maximum atomic E-state index is 13.7. The molecule has 0 saturated carbocycles. The molecule has 0 aliphatic heterocycles. The first-order valence-corrected chi connectivity index (χ1v) is 8.47. The minimum absolute atomic E-state index is 0.105. The quantitative estimate of drug-likeness (QED) is 0.648. The van der Waals surface area contributed by atoms with E-state index < -0.39 is 11.8 Å². The molecule has 0 atom stereocenters. The van der Waals surface area contributed by atoms with Crippen molar-refractivity contribution in [1.29, 1.82) is 0 Å². The van der Waals surface area contributed by atoms with Crippen molar-refractivity contribution >= 4 is 33.3 Å². The van der Waals surface area contributed by atoms with Crippen LogP contribution in [0.2, 0.25) is 0 Å². The third kappa shape index (κ3) is 3.70. The predicted molar refractivity (Wildman–Crippen MR) is 102 cm³/mol. The van der Waals surface area contributed by atoms with Crippen molar-refractivity contribution in [2.45, 2.75) is 0 Å². The molecule has 134 valence electrons. The summed E-state index contributed by atoms with van der Waals surface area (Å²) in [5, 5.41) is 9.37. The highest BCUT2D eigenvalue weighted by atomic mass is 79.9. The van der Waals surface area contributed by atoms with Gasteiger partial charge in [0.05, 0.1) is 29.2 Å². The SMILES string of the molecule is COc1ccc(NC(=O)Nc2ccccc2F)cc1-c1c(Br)cnn1C. The number of para-hydroxylation sites is 1. The summed E-state index contributed by atoms with van der Waals surface area (Å²) in [5.41, 5.74) is 2.19. The summed E-state index contributed by atoms with van der Waals surface area (Å²) in [6.07, 6.45) is 1.68. The van der Waals surface area contributed by atoms with Gasteiger partial charge in [0.25, 0.3) is 0 Å². The van der Waals surface area contributed by atoms with Crippen LogP contribution in [0.25, 0.3) is 11.3 Å². The fourth-order valence-corrected chi connectivity index (χ4v) is 3.09. The Hall–Kier alpha value is -2.87.